The summed E-state index contributed by atoms with van der Waals surface area (Å²) in [4.78, 5) is 24.2. The van der Waals surface area contributed by atoms with E-state index in [0.717, 1.165) is 18.4 Å². The maximum Gasteiger partial charge on any atom is 0.412 e. The zero-order valence-corrected chi connectivity index (χ0v) is 16.7. The number of carbonyl (C=O) groups excluding carboxylic acids is 1. The Labute approximate surface area is 169 Å². The van der Waals surface area contributed by atoms with Gasteiger partial charge in [0.05, 0.1) is 5.39 Å². The minimum Gasteiger partial charge on any atom is -0.502 e. The van der Waals surface area contributed by atoms with Crippen LogP contribution in [0.1, 0.15) is 38.7 Å². The van der Waals surface area contributed by atoms with Crippen LogP contribution in [0.25, 0.3) is 22.3 Å². The number of fused-ring (bicyclic) bond motifs is 1. The largest absolute Gasteiger partial charge is 0.502 e. The molecular weight excluding hydrogens is 370 g/mol. The Kier molecular flexibility index (Phi) is 6.54. The van der Waals surface area contributed by atoms with E-state index in [-0.39, 0.29) is 27.9 Å². The minimum absolute atomic E-state index is 0.0127. The predicted molar refractivity (Wildman–Crippen MR) is 113 cm³/mol. The van der Waals surface area contributed by atoms with E-state index in [1.165, 1.54) is 36.6 Å². The number of carbonyl (C=O) groups is 1. The number of nitrogens with one attached hydrogen (secondary N) is 1. The first-order chi connectivity index (χ1) is 14.0. The Balaban J connectivity index is 1.94. The van der Waals surface area contributed by atoms with Gasteiger partial charge in [0.2, 0.25) is 5.75 Å². The van der Waals surface area contributed by atoms with Crippen LogP contribution < -0.4 is 15.5 Å². The molecule has 3 aromatic rings. The molecule has 3 rings (SSSR count). The van der Waals surface area contributed by atoms with Crippen LogP contribution in [0.5, 0.6) is 11.5 Å². The zero-order valence-electron chi connectivity index (χ0n) is 16.7. The summed E-state index contributed by atoms with van der Waals surface area (Å²) in [6.07, 6.45) is 3.83. The van der Waals surface area contributed by atoms with Crippen molar-refractivity contribution < 1.29 is 19.1 Å². The van der Waals surface area contributed by atoms with E-state index < -0.39 is 6.09 Å². The van der Waals surface area contributed by atoms with Gasteiger partial charge in [-0.05, 0) is 37.5 Å². The highest BCUT2D eigenvalue weighted by Crippen LogP contribution is 2.35. The van der Waals surface area contributed by atoms with Crippen molar-refractivity contribution in [3.05, 3.63) is 58.3 Å². The summed E-state index contributed by atoms with van der Waals surface area (Å²) in [6.45, 7) is 4.32. The third-order valence-electron chi connectivity index (χ3n) is 4.67. The molecule has 0 fully saturated rings. The zero-order chi connectivity index (χ0) is 20.8. The van der Waals surface area contributed by atoms with Crippen molar-refractivity contribution in [1.29, 1.82) is 0 Å². The quantitative estimate of drug-likeness (QED) is 0.549. The molecule has 2 N–H and O–H groups in total. The molecule has 29 heavy (non-hydrogen) atoms. The molecule has 0 atom stereocenters. The second-order valence-corrected chi connectivity index (χ2v) is 6.84. The smallest absolute Gasteiger partial charge is 0.412 e. The van der Waals surface area contributed by atoms with Gasteiger partial charge in [-0.25, -0.2) is 4.79 Å². The van der Waals surface area contributed by atoms with Crippen molar-refractivity contribution in [2.45, 2.75) is 39.5 Å². The van der Waals surface area contributed by atoms with E-state index in [1.807, 2.05) is 24.3 Å². The van der Waals surface area contributed by atoms with Gasteiger partial charge in [0, 0.05) is 18.2 Å². The Morgan fingerprint density at radius 1 is 1.10 bits per heavy atom. The molecule has 0 spiro atoms. The molecule has 6 nitrogen and oxygen atoms in total. The first-order valence-electron chi connectivity index (χ1n) is 9.88. The molecule has 0 aliphatic carbocycles. The SMILES string of the molecule is CCCCCc1ccc(-c2cc(=O)c3ccc(OC(=O)NCC)c(O)c3o2)cc1. The fourth-order valence-corrected chi connectivity index (χ4v) is 3.11. The highest BCUT2D eigenvalue weighted by Gasteiger charge is 2.16. The topological polar surface area (TPSA) is 88.8 Å². The number of ether oxygens (including phenoxy) is 1. The van der Waals surface area contributed by atoms with Crippen LogP contribution in [0.4, 0.5) is 4.79 Å². The monoisotopic (exact) mass is 395 g/mol. The van der Waals surface area contributed by atoms with Crippen LogP contribution in [0.2, 0.25) is 0 Å². The number of hydrogen-bond donors (Lipinski definition) is 2. The lowest BCUT2D eigenvalue weighted by molar-refractivity contribution is 0.199. The van der Waals surface area contributed by atoms with E-state index in [1.54, 1.807) is 6.92 Å². The van der Waals surface area contributed by atoms with E-state index in [9.17, 15) is 14.7 Å². The first kappa shape index (κ1) is 20.5. The van der Waals surface area contributed by atoms with Crippen LogP contribution >= 0.6 is 0 Å². The lowest BCUT2D eigenvalue weighted by Gasteiger charge is -2.09. The molecular formula is C23H25NO5. The molecule has 6 heteroatoms. The Morgan fingerprint density at radius 2 is 1.86 bits per heavy atom. The van der Waals surface area contributed by atoms with Gasteiger partial charge in [-0.2, -0.15) is 0 Å². The lowest BCUT2D eigenvalue weighted by atomic mass is 10.0. The second kappa shape index (κ2) is 9.28. The second-order valence-electron chi connectivity index (χ2n) is 6.84. The standard InChI is InChI=1S/C23H25NO5/c1-3-5-6-7-15-8-10-16(11-9-15)20-14-18(25)17-12-13-19(21(26)22(17)28-20)29-23(27)24-4-2/h8-14,26H,3-7H2,1-2H3,(H,24,27). The summed E-state index contributed by atoms with van der Waals surface area (Å²) in [5.74, 6) is -0.119. The Hall–Kier alpha value is -3.28. The molecule has 1 heterocycles. The number of rotatable bonds is 7. The summed E-state index contributed by atoms with van der Waals surface area (Å²) in [5.41, 5.74) is 1.66. The molecule has 0 bridgehead atoms. The average Bonchev–Trinajstić information content (AvgIpc) is 2.71. The Morgan fingerprint density at radius 3 is 2.55 bits per heavy atom. The van der Waals surface area contributed by atoms with Crippen LogP contribution in [0, 0.1) is 0 Å². The minimum atomic E-state index is -0.695. The molecule has 0 saturated heterocycles. The van der Waals surface area contributed by atoms with Crippen LogP contribution in [-0.4, -0.2) is 17.7 Å². The van der Waals surface area contributed by atoms with Crippen molar-refractivity contribution in [2.24, 2.45) is 0 Å². The summed E-state index contributed by atoms with van der Waals surface area (Å²) in [6, 6.07) is 12.1. The van der Waals surface area contributed by atoms with Gasteiger partial charge in [-0.15, -0.1) is 0 Å². The van der Waals surface area contributed by atoms with Crippen molar-refractivity contribution in [2.75, 3.05) is 6.54 Å². The van der Waals surface area contributed by atoms with Crippen molar-refractivity contribution in [3.63, 3.8) is 0 Å². The van der Waals surface area contributed by atoms with Gasteiger partial charge in [0.25, 0.3) is 0 Å². The molecule has 0 unspecified atom stereocenters. The van der Waals surface area contributed by atoms with Crippen molar-refractivity contribution in [1.82, 2.24) is 5.32 Å². The van der Waals surface area contributed by atoms with Crippen molar-refractivity contribution in [3.8, 4) is 22.8 Å². The molecule has 0 aliphatic rings. The van der Waals surface area contributed by atoms with Gasteiger partial charge in [0.1, 0.15) is 5.76 Å². The third kappa shape index (κ3) is 4.77. The molecule has 0 aliphatic heterocycles. The third-order valence-corrected chi connectivity index (χ3v) is 4.67. The fourth-order valence-electron chi connectivity index (χ4n) is 3.11. The highest BCUT2D eigenvalue weighted by molar-refractivity contribution is 5.87. The maximum atomic E-state index is 12.5. The number of aryl methyl sites for hydroxylation is 1. The Bertz CT molecular complexity index is 1050. The van der Waals surface area contributed by atoms with Crippen LogP contribution in [-0.2, 0) is 6.42 Å². The summed E-state index contributed by atoms with van der Waals surface area (Å²) in [7, 11) is 0. The summed E-state index contributed by atoms with van der Waals surface area (Å²) < 4.78 is 10.9. The first-order valence-corrected chi connectivity index (χ1v) is 9.88. The van der Waals surface area contributed by atoms with Gasteiger partial charge in [0.15, 0.2) is 16.8 Å². The highest BCUT2D eigenvalue weighted by atomic mass is 16.6. The molecule has 0 saturated carbocycles. The predicted octanol–water partition coefficient (Wildman–Crippen LogP) is 5.01. The number of hydrogen-bond acceptors (Lipinski definition) is 5. The molecule has 152 valence electrons. The van der Waals surface area contributed by atoms with Gasteiger partial charge in [-0.1, -0.05) is 44.0 Å². The molecule has 2 aromatic carbocycles. The number of benzene rings is 2. The van der Waals surface area contributed by atoms with Gasteiger partial charge in [-0.3, -0.25) is 4.79 Å². The molecule has 1 amide bonds. The van der Waals surface area contributed by atoms with Gasteiger partial charge >= 0.3 is 6.09 Å². The molecule has 1 aromatic heterocycles. The van der Waals surface area contributed by atoms with E-state index in [2.05, 4.69) is 12.2 Å². The lowest BCUT2D eigenvalue weighted by Crippen LogP contribution is -2.26. The number of aromatic hydroxyl groups is 1. The summed E-state index contributed by atoms with van der Waals surface area (Å²) in [5, 5.41) is 13.2. The fraction of sp³-hybridized carbons (Fsp3) is 0.304. The van der Waals surface area contributed by atoms with Crippen LogP contribution in [0.15, 0.2) is 51.7 Å². The maximum absolute atomic E-state index is 12.5. The van der Waals surface area contributed by atoms with E-state index >= 15 is 0 Å². The van der Waals surface area contributed by atoms with Crippen molar-refractivity contribution >= 4 is 17.1 Å². The molecule has 0 radical (unpaired) electrons. The number of amides is 1. The number of phenols is 1. The average molecular weight is 395 g/mol. The van der Waals surface area contributed by atoms with Crippen LogP contribution in [0.3, 0.4) is 0 Å². The normalized spacial score (nSPS) is 10.8. The number of phenolic OH excluding ortho intramolecular Hbond substituents is 1. The van der Waals surface area contributed by atoms with E-state index in [4.69, 9.17) is 9.15 Å². The number of unbranched alkanes of at least 4 members (excludes halogenated alkanes) is 2. The van der Waals surface area contributed by atoms with E-state index in [0.29, 0.717) is 12.3 Å². The summed E-state index contributed by atoms with van der Waals surface area (Å²) >= 11 is 0. The van der Waals surface area contributed by atoms with Gasteiger partial charge < -0.3 is 19.6 Å².